The number of methoxy groups -OCH3 is 2. The van der Waals surface area contributed by atoms with Crippen LogP contribution in [0.15, 0.2) is 17.1 Å². The number of esters is 1. The average Bonchev–Trinajstić information content (AvgIpc) is 2.65. The van der Waals surface area contributed by atoms with Crippen LogP contribution in [0, 0.1) is 17.2 Å². The zero-order valence-corrected chi connectivity index (χ0v) is 15.7. The summed E-state index contributed by atoms with van der Waals surface area (Å²) in [4.78, 5) is 16.7. The van der Waals surface area contributed by atoms with E-state index >= 15 is 0 Å². The van der Waals surface area contributed by atoms with Crippen molar-refractivity contribution in [2.24, 2.45) is 10.9 Å². The summed E-state index contributed by atoms with van der Waals surface area (Å²) in [5, 5.41) is 9.81. The third-order valence-corrected chi connectivity index (χ3v) is 5.01. The molecule has 0 saturated carbocycles. The molecule has 0 radical (unpaired) electrons. The maximum atomic E-state index is 12.2. The van der Waals surface area contributed by atoms with Crippen molar-refractivity contribution in [1.82, 2.24) is 0 Å². The fourth-order valence-electron chi connectivity index (χ4n) is 2.84. The second-order valence-electron chi connectivity index (χ2n) is 5.70. The first-order valence-corrected chi connectivity index (χ1v) is 8.48. The van der Waals surface area contributed by atoms with Crippen LogP contribution in [0.5, 0.6) is 11.5 Å². The first kappa shape index (κ1) is 19.1. The third kappa shape index (κ3) is 3.45. The molecule has 1 aromatic carbocycles. The molecule has 0 N–H and O–H groups in total. The average molecular weight is 362 g/mol. The Morgan fingerprint density at radius 3 is 2.60 bits per heavy atom. The number of nitriles is 1. The van der Waals surface area contributed by atoms with Crippen LogP contribution < -0.4 is 9.47 Å². The summed E-state index contributed by atoms with van der Waals surface area (Å²) < 4.78 is 14.4. The van der Waals surface area contributed by atoms with E-state index in [1.807, 2.05) is 6.07 Å². The molecule has 0 spiro atoms. The molecule has 134 valence electrons. The molecule has 7 heteroatoms. The summed E-state index contributed by atoms with van der Waals surface area (Å²) in [5.74, 6) is -0.108. The van der Waals surface area contributed by atoms with E-state index in [-0.39, 0.29) is 6.61 Å². The van der Waals surface area contributed by atoms with Gasteiger partial charge in [-0.15, -0.1) is 0 Å². The fraction of sp³-hybridized carbons (Fsp3) is 0.500. The zero-order chi connectivity index (χ0) is 18.6. The van der Waals surface area contributed by atoms with Gasteiger partial charge in [-0.1, -0.05) is 0 Å². The molecule has 2 unspecified atom stereocenters. The minimum absolute atomic E-state index is 0.243. The highest BCUT2D eigenvalue weighted by Gasteiger charge is 2.45. The summed E-state index contributed by atoms with van der Waals surface area (Å²) >= 11 is 4.56. The number of thiol groups is 1. The van der Waals surface area contributed by atoms with Crippen LogP contribution in [0.1, 0.15) is 25.0 Å². The van der Waals surface area contributed by atoms with Gasteiger partial charge in [-0.05, 0) is 38.0 Å². The highest BCUT2D eigenvalue weighted by molar-refractivity contribution is 7.83. The highest BCUT2D eigenvalue weighted by Crippen LogP contribution is 2.38. The van der Waals surface area contributed by atoms with Crippen molar-refractivity contribution in [2.75, 3.05) is 27.4 Å². The lowest BCUT2D eigenvalue weighted by Crippen LogP contribution is -2.44. The molecular formula is C18H22N2O4S. The van der Waals surface area contributed by atoms with E-state index in [0.29, 0.717) is 30.2 Å². The SMILES string of the molecule is CCOC(=O)C(C)C(S)(C#N)C1=NCCc2cc(OC)c(OC)cc21. The van der Waals surface area contributed by atoms with E-state index in [9.17, 15) is 10.1 Å². The smallest absolute Gasteiger partial charge is 0.311 e. The largest absolute Gasteiger partial charge is 0.493 e. The van der Waals surface area contributed by atoms with Crippen molar-refractivity contribution < 1.29 is 19.0 Å². The van der Waals surface area contributed by atoms with E-state index in [1.54, 1.807) is 34.1 Å². The van der Waals surface area contributed by atoms with Crippen molar-refractivity contribution in [3.05, 3.63) is 23.3 Å². The van der Waals surface area contributed by atoms with Gasteiger partial charge in [-0.3, -0.25) is 9.79 Å². The molecule has 0 fully saturated rings. The van der Waals surface area contributed by atoms with Crippen molar-refractivity contribution in [3.8, 4) is 17.6 Å². The summed E-state index contributed by atoms with van der Waals surface area (Å²) in [6.07, 6.45) is 0.711. The number of rotatable bonds is 6. The van der Waals surface area contributed by atoms with Gasteiger partial charge in [0.15, 0.2) is 16.2 Å². The molecule has 0 aromatic heterocycles. The number of benzene rings is 1. The van der Waals surface area contributed by atoms with Crippen molar-refractivity contribution in [3.63, 3.8) is 0 Å². The standard InChI is InChI=1S/C18H22N2O4S/c1-5-24-17(21)11(2)18(25,10-19)16-13-9-15(23-4)14(22-3)8-12(13)6-7-20-16/h8-9,11,25H,5-7H2,1-4H3. The number of ether oxygens (including phenoxy) is 3. The number of fused-ring (bicyclic) bond motifs is 1. The molecule has 0 aliphatic carbocycles. The van der Waals surface area contributed by atoms with E-state index in [1.165, 1.54) is 0 Å². The van der Waals surface area contributed by atoms with Gasteiger partial charge in [0.25, 0.3) is 0 Å². The molecule has 1 aliphatic rings. The fourth-order valence-corrected chi connectivity index (χ4v) is 3.14. The molecule has 0 saturated heterocycles. The lowest BCUT2D eigenvalue weighted by Gasteiger charge is -2.31. The molecule has 1 aliphatic heterocycles. The van der Waals surface area contributed by atoms with Crippen LogP contribution in [0.2, 0.25) is 0 Å². The van der Waals surface area contributed by atoms with Gasteiger partial charge in [-0.25, -0.2) is 0 Å². The first-order valence-electron chi connectivity index (χ1n) is 8.03. The number of hydrogen-bond acceptors (Lipinski definition) is 7. The van der Waals surface area contributed by atoms with E-state index in [2.05, 4.69) is 23.7 Å². The van der Waals surface area contributed by atoms with Crippen LogP contribution in [-0.2, 0) is 16.0 Å². The summed E-state index contributed by atoms with van der Waals surface area (Å²) in [5.41, 5.74) is 2.19. The third-order valence-electron chi connectivity index (χ3n) is 4.31. The maximum Gasteiger partial charge on any atom is 0.311 e. The predicted octanol–water partition coefficient (Wildman–Crippen LogP) is 2.44. The second-order valence-corrected chi connectivity index (χ2v) is 6.40. The van der Waals surface area contributed by atoms with Gasteiger partial charge in [0.05, 0.1) is 38.5 Å². The predicted molar refractivity (Wildman–Crippen MR) is 97.8 cm³/mol. The molecule has 1 aromatic rings. The second kappa shape index (κ2) is 7.79. The molecule has 2 atom stereocenters. The van der Waals surface area contributed by atoms with Crippen LogP contribution in [0.4, 0.5) is 0 Å². The normalized spacial score (nSPS) is 16.6. The van der Waals surface area contributed by atoms with Gasteiger partial charge in [0.2, 0.25) is 0 Å². The van der Waals surface area contributed by atoms with Gasteiger partial charge >= 0.3 is 5.97 Å². The van der Waals surface area contributed by atoms with Crippen LogP contribution in [0.25, 0.3) is 0 Å². The molecule has 2 rings (SSSR count). The summed E-state index contributed by atoms with van der Waals surface area (Å²) in [6.45, 7) is 4.11. The van der Waals surface area contributed by atoms with Crippen LogP contribution >= 0.6 is 12.6 Å². The Balaban J connectivity index is 2.55. The van der Waals surface area contributed by atoms with Gasteiger partial charge in [0, 0.05) is 12.1 Å². The molecular weight excluding hydrogens is 340 g/mol. The number of carbonyl (C=O) groups excluding carboxylic acids is 1. The Morgan fingerprint density at radius 2 is 2.04 bits per heavy atom. The molecule has 6 nitrogen and oxygen atoms in total. The van der Waals surface area contributed by atoms with Crippen LogP contribution in [0.3, 0.4) is 0 Å². The number of nitrogens with zero attached hydrogens (tertiary/aromatic N) is 2. The summed E-state index contributed by atoms with van der Waals surface area (Å²) in [7, 11) is 3.12. The Bertz CT molecular complexity index is 741. The van der Waals surface area contributed by atoms with Crippen molar-refractivity contribution >= 4 is 24.3 Å². The zero-order valence-electron chi connectivity index (χ0n) is 14.8. The lowest BCUT2D eigenvalue weighted by atomic mass is 9.82. The Hall–Kier alpha value is -2.20. The molecule has 0 bridgehead atoms. The molecule has 0 amide bonds. The van der Waals surface area contributed by atoms with E-state index in [4.69, 9.17) is 14.2 Å². The quantitative estimate of drug-likeness (QED) is 0.621. The molecule has 25 heavy (non-hydrogen) atoms. The Kier molecular flexibility index (Phi) is 5.96. The number of aliphatic imine (C=N–C) groups is 1. The highest BCUT2D eigenvalue weighted by atomic mass is 32.1. The minimum Gasteiger partial charge on any atom is -0.493 e. The van der Waals surface area contributed by atoms with Gasteiger partial charge < -0.3 is 14.2 Å². The number of hydrogen-bond donors (Lipinski definition) is 1. The Morgan fingerprint density at radius 1 is 1.40 bits per heavy atom. The topological polar surface area (TPSA) is 80.9 Å². The minimum atomic E-state index is -1.40. The van der Waals surface area contributed by atoms with E-state index in [0.717, 1.165) is 11.1 Å². The van der Waals surface area contributed by atoms with Gasteiger partial charge in [0.1, 0.15) is 0 Å². The van der Waals surface area contributed by atoms with Crippen molar-refractivity contribution in [2.45, 2.75) is 25.0 Å². The Labute approximate surface area is 153 Å². The van der Waals surface area contributed by atoms with Crippen LogP contribution in [-0.4, -0.2) is 43.8 Å². The van der Waals surface area contributed by atoms with Gasteiger partial charge in [-0.2, -0.15) is 17.9 Å². The monoisotopic (exact) mass is 362 g/mol. The van der Waals surface area contributed by atoms with Crippen molar-refractivity contribution in [1.29, 1.82) is 5.26 Å². The summed E-state index contributed by atoms with van der Waals surface area (Å²) in [6, 6.07) is 5.82. The lowest BCUT2D eigenvalue weighted by molar-refractivity contribution is -0.147. The van der Waals surface area contributed by atoms with E-state index < -0.39 is 16.6 Å². The molecule has 1 heterocycles. The first-order chi connectivity index (χ1) is 11.9. The maximum absolute atomic E-state index is 12.2. The number of carbonyl (C=O) groups is 1.